The SMILES string of the molecule is CCC1(CC)OC2(CC(C)(C)NC(C)(C)C2)C(=O)N1Cc1ccccc1. The van der Waals surface area contributed by atoms with Gasteiger partial charge in [0.15, 0.2) is 5.60 Å². The molecule has 0 saturated carbocycles. The van der Waals surface area contributed by atoms with Crippen LogP contribution in [0.25, 0.3) is 0 Å². The third-order valence-corrected chi connectivity index (χ3v) is 5.93. The predicted octanol–water partition coefficient (Wildman–Crippen LogP) is 4.24. The van der Waals surface area contributed by atoms with Crippen LogP contribution in [0.5, 0.6) is 0 Å². The molecule has 0 aliphatic carbocycles. The molecule has 4 nitrogen and oxygen atoms in total. The number of carbonyl (C=O) groups is 1. The van der Waals surface area contributed by atoms with Gasteiger partial charge in [0.05, 0.1) is 0 Å². The normalized spacial score (nSPS) is 25.6. The molecule has 4 heteroatoms. The summed E-state index contributed by atoms with van der Waals surface area (Å²) in [5, 5.41) is 3.68. The topological polar surface area (TPSA) is 41.6 Å². The van der Waals surface area contributed by atoms with E-state index in [9.17, 15) is 4.79 Å². The second-order valence-electron chi connectivity index (χ2n) is 9.37. The molecule has 2 fully saturated rings. The number of amides is 1. The van der Waals surface area contributed by atoms with E-state index >= 15 is 0 Å². The van der Waals surface area contributed by atoms with Crippen LogP contribution in [0.2, 0.25) is 0 Å². The fraction of sp³-hybridized carbons (Fsp3) is 0.682. The van der Waals surface area contributed by atoms with Gasteiger partial charge in [-0.05, 0) is 46.1 Å². The Hall–Kier alpha value is -1.39. The molecule has 2 saturated heterocycles. The second-order valence-corrected chi connectivity index (χ2v) is 9.37. The monoisotopic (exact) mass is 358 g/mol. The molecule has 0 aromatic heterocycles. The Bertz CT molecular complexity index is 646. The third kappa shape index (κ3) is 3.29. The van der Waals surface area contributed by atoms with Gasteiger partial charge < -0.3 is 15.0 Å². The average molecular weight is 359 g/mol. The molecular weight excluding hydrogens is 324 g/mol. The minimum atomic E-state index is -0.737. The van der Waals surface area contributed by atoms with Gasteiger partial charge in [0, 0.05) is 30.5 Å². The van der Waals surface area contributed by atoms with Crippen molar-refractivity contribution in [1.29, 1.82) is 0 Å². The van der Waals surface area contributed by atoms with Crippen molar-refractivity contribution in [2.45, 2.75) is 96.2 Å². The zero-order valence-corrected chi connectivity index (χ0v) is 17.2. The van der Waals surface area contributed by atoms with E-state index in [1.807, 2.05) is 23.1 Å². The fourth-order valence-corrected chi connectivity index (χ4v) is 5.37. The van der Waals surface area contributed by atoms with Crippen molar-refractivity contribution in [3.63, 3.8) is 0 Å². The van der Waals surface area contributed by atoms with Crippen molar-refractivity contribution in [3.05, 3.63) is 35.9 Å². The van der Waals surface area contributed by atoms with Crippen LogP contribution < -0.4 is 5.32 Å². The van der Waals surface area contributed by atoms with E-state index in [-0.39, 0.29) is 17.0 Å². The van der Waals surface area contributed by atoms with Crippen molar-refractivity contribution in [2.75, 3.05) is 0 Å². The van der Waals surface area contributed by atoms with Gasteiger partial charge in [-0.3, -0.25) is 4.79 Å². The molecule has 1 spiro atoms. The molecule has 1 aromatic carbocycles. The average Bonchev–Trinajstić information content (AvgIpc) is 2.75. The summed E-state index contributed by atoms with van der Waals surface area (Å²) in [5.74, 6) is 0.160. The summed E-state index contributed by atoms with van der Waals surface area (Å²) < 4.78 is 6.78. The molecule has 26 heavy (non-hydrogen) atoms. The van der Waals surface area contributed by atoms with Crippen molar-refractivity contribution in [2.24, 2.45) is 0 Å². The van der Waals surface area contributed by atoms with E-state index < -0.39 is 11.3 Å². The first-order chi connectivity index (χ1) is 12.1. The maximum absolute atomic E-state index is 13.8. The van der Waals surface area contributed by atoms with Gasteiger partial charge in [0.2, 0.25) is 0 Å². The maximum atomic E-state index is 13.8. The first kappa shape index (κ1) is 19.4. The zero-order valence-electron chi connectivity index (χ0n) is 17.2. The number of ether oxygens (including phenoxy) is 1. The van der Waals surface area contributed by atoms with Crippen molar-refractivity contribution >= 4 is 5.91 Å². The highest BCUT2D eigenvalue weighted by Crippen LogP contribution is 2.50. The lowest BCUT2D eigenvalue weighted by molar-refractivity contribution is -0.173. The summed E-state index contributed by atoms with van der Waals surface area (Å²) in [6.45, 7) is 13.6. The summed E-state index contributed by atoms with van der Waals surface area (Å²) in [6, 6.07) is 10.2. The Kier molecular flexibility index (Phi) is 4.73. The van der Waals surface area contributed by atoms with E-state index in [1.54, 1.807) is 0 Å². The fourth-order valence-electron chi connectivity index (χ4n) is 5.37. The van der Waals surface area contributed by atoms with Crippen LogP contribution in [0.1, 0.15) is 72.8 Å². The number of piperidine rings is 1. The van der Waals surface area contributed by atoms with Gasteiger partial charge >= 0.3 is 0 Å². The van der Waals surface area contributed by atoms with E-state index in [0.717, 1.165) is 18.4 Å². The van der Waals surface area contributed by atoms with E-state index in [4.69, 9.17) is 4.74 Å². The molecule has 0 atom stereocenters. The molecule has 2 aliphatic heterocycles. The Morgan fingerprint density at radius 3 is 2.04 bits per heavy atom. The van der Waals surface area contributed by atoms with Crippen LogP contribution in [0, 0.1) is 0 Å². The van der Waals surface area contributed by atoms with Gasteiger partial charge in [-0.2, -0.15) is 0 Å². The highest BCUT2D eigenvalue weighted by molar-refractivity contribution is 5.88. The lowest BCUT2D eigenvalue weighted by Gasteiger charge is -2.50. The standard InChI is InChI=1S/C22H34N2O2/c1-7-22(8-2)24(14-17-12-10-9-11-13-17)18(25)21(26-22)15-19(3,4)23-20(5,6)16-21/h9-13,23H,7-8,14-16H2,1-6H3. The highest BCUT2D eigenvalue weighted by atomic mass is 16.6. The minimum absolute atomic E-state index is 0.145. The van der Waals surface area contributed by atoms with Crippen LogP contribution in [-0.4, -0.2) is 33.2 Å². The largest absolute Gasteiger partial charge is 0.339 e. The molecule has 0 radical (unpaired) electrons. The molecule has 2 aliphatic rings. The number of carbonyl (C=O) groups excluding carboxylic acids is 1. The molecule has 3 rings (SSSR count). The second kappa shape index (κ2) is 6.35. The van der Waals surface area contributed by atoms with E-state index in [0.29, 0.717) is 19.4 Å². The van der Waals surface area contributed by atoms with Gasteiger partial charge in [0.25, 0.3) is 5.91 Å². The van der Waals surface area contributed by atoms with Gasteiger partial charge in [-0.1, -0.05) is 44.2 Å². The lowest BCUT2D eigenvalue weighted by Crippen LogP contribution is -2.65. The summed E-state index contributed by atoms with van der Waals surface area (Å²) in [4.78, 5) is 15.8. The molecule has 1 aromatic rings. The zero-order chi connectivity index (χ0) is 19.2. The van der Waals surface area contributed by atoms with Crippen molar-refractivity contribution in [3.8, 4) is 0 Å². The maximum Gasteiger partial charge on any atom is 0.257 e. The van der Waals surface area contributed by atoms with Crippen LogP contribution in [0.4, 0.5) is 0 Å². The number of hydrogen-bond donors (Lipinski definition) is 1. The number of benzene rings is 1. The van der Waals surface area contributed by atoms with Gasteiger partial charge in [-0.15, -0.1) is 0 Å². The highest BCUT2D eigenvalue weighted by Gasteiger charge is 2.63. The molecule has 1 amide bonds. The van der Waals surface area contributed by atoms with Crippen molar-refractivity contribution < 1.29 is 9.53 Å². The minimum Gasteiger partial charge on any atom is -0.339 e. The van der Waals surface area contributed by atoms with E-state index in [1.165, 1.54) is 0 Å². The van der Waals surface area contributed by atoms with Crippen LogP contribution >= 0.6 is 0 Å². The summed E-state index contributed by atoms with van der Waals surface area (Å²) >= 11 is 0. The number of nitrogens with one attached hydrogen (secondary N) is 1. The molecule has 2 heterocycles. The molecular formula is C22H34N2O2. The molecule has 1 N–H and O–H groups in total. The Labute approximate surface area is 158 Å². The van der Waals surface area contributed by atoms with Crippen LogP contribution in [0.3, 0.4) is 0 Å². The summed E-state index contributed by atoms with van der Waals surface area (Å²) in [7, 11) is 0. The number of hydrogen-bond acceptors (Lipinski definition) is 3. The predicted molar refractivity (Wildman–Crippen MR) is 105 cm³/mol. The van der Waals surface area contributed by atoms with E-state index in [2.05, 4.69) is 59.0 Å². The molecule has 144 valence electrons. The lowest BCUT2D eigenvalue weighted by atomic mass is 9.72. The summed E-state index contributed by atoms with van der Waals surface area (Å²) in [6.07, 6.45) is 3.01. The summed E-state index contributed by atoms with van der Waals surface area (Å²) in [5.41, 5.74) is -0.392. The quantitative estimate of drug-likeness (QED) is 0.875. The first-order valence-corrected chi connectivity index (χ1v) is 9.93. The van der Waals surface area contributed by atoms with Gasteiger partial charge in [0.1, 0.15) is 5.72 Å². The Balaban J connectivity index is 2.01. The van der Waals surface area contributed by atoms with Crippen molar-refractivity contribution in [1.82, 2.24) is 10.2 Å². The first-order valence-electron chi connectivity index (χ1n) is 9.93. The molecule has 0 unspecified atom stereocenters. The van der Waals surface area contributed by atoms with Crippen LogP contribution in [-0.2, 0) is 16.1 Å². The van der Waals surface area contributed by atoms with Crippen LogP contribution in [0.15, 0.2) is 30.3 Å². The third-order valence-electron chi connectivity index (χ3n) is 5.93. The number of nitrogens with zero attached hydrogens (tertiary/aromatic N) is 1. The Morgan fingerprint density at radius 1 is 1.00 bits per heavy atom. The number of rotatable bonds is 4. The smallest absolute Gasteiger partial charge is 0.257 e. The molecule has 0 bridgehead atoms. The van der Waals surface area contributed by atoms with Gasteiger partial charge in [-0.25, -0.2) is 0 Å². The Morgan fingerprint density at radius 2 is 1.54 bits per heavy atom.